The molecule has 0 aliphatic rings. The molecule has 0 bridgehead atoms. The van der Waals surface area contributed by atoms with E-state index in [-0.39, 0.29) is 12.5 Å². The molecule has 0 aliphatic heterocycles. The molecule has 0 radical (unpaired) electrons. The van der Waals surface area contributed by atoms with E-state index in [1.807, 2.05) is 13.0 Å². The molecule has 1 N–H and O–H groups in total. The van der Waals surface area contributed by atoms with Crippen molar-refractivity contribution in [3.63, 3.8) is 0 Å². The van der Waals surface area contributed by atoms with Crippen LogP contribution in [0.3, 0.4) is 0 Å². The maximum atomic E-state index is 11.6. The molecular weight excluding hydrogens is 282 g/mol. The SMILES string of the molecule is CCN(C)C(=O)CNc1ccc(Br)cc1C#N. The summed E-state index contributed by atoms with van der Waals surface area (Å²) in [7, 11) is 1.75. The Bertz CT molecular complexity index is 454. The number of nitriles is 1. The Kier molecular flexibility index (Phi) is 4.98. The number of rotatable bonds is 4. The number of anilines is 1. The summed E-state index contributed by atoms with van der Waals surface area (Å²) in [6.45, 7) is 2.78. The number of hydrogen-bond acceptors (Lipinski definition) is 3. The van der Waals surface area contributed by atoms with Gasteiger partial charge in [0, 0.05) is 18.1 Å². The Hall–Kier alpha value is -1.54. The second kappa shape index (κ2) is 6.26. The van der Waals surface area contributed by atoms with Crippen LogP contribution >= 0.6 is 15.9 Å². The molecule has 0 unspecified atom stereocenters. The molecule has 0 atom stereocenters. The van der Waals surface area contributed by atoms with E-state index in [2.05, 4.69) is 27.3 Å². The summed E-state index contributed by atoms with van der Waals surface area (Å²) in [6.07, 6.45) is 0. The molecule has 90 valence electrons. The van der Waals surface area contributed by atoms with Gasteiger partial charge in [0.15, 0.2) is 0 Å². The molecule has 1 aromatic rings. The second-order valence-corrected chi connectivity index (χ2v) is 4.48. The van der Waals surface area contributed by atoms with Gasteiger partial charge < -0.3 is 10.2 Å². The van der Waals surface area contributed by atoms with Crippen LogP contribution in [0.2, 0.25) is 0 Å². The molecule has 1 rings (SSSR count). The van der Waals surface area contributed by atoms with Gasteiger partial charge in [-0.1, -0.05) is 15.9 Å². The summed E-state index contributed by atoms with van der Waals surface area (Å²) < 4.78 is 0.844. The summed E-state index contributed by atoms with van der Waals surface area (Å²) in [4.78, 5) is 13.2. The minimum absolute atomic E-state index is 0.000640. The van der Waals surface area contributed by atoms with Gasteiger partial charge in [-0.15, -0.1) is 0 Å². The standard InChI is InChI=1S/C12H14BrN3O/c1-3-16(2)12(17)8-15-11-5-4-10(13)6-9(11)7-14/h4-6,15H,3,8H2,1-2H3. The van der Waals surface area contributed by atoms with Gasteiger partial charge in [-0.05, 0) is 25.1 Å². The zero-order valence-corrected chi connectivity index (χ0v) is 11.4. The van der Waals surface area contributed by atoms with Gasteiger partial charge in [0.2, 0.25) is 5.91 Å². The third-order valence-corrected chi connectivity index (χ3v) is 2.93. The fourth-order valence-electron chi connectivity index (χ4n) is 1.25. The van der Waals surface area contributed by atoms with Crippen LogP contribution in [0.1, 0.15) is 12.5 Å². The molecule has 0 fully saturated rings. The maximum absolute atomic E-state index is 11.6. The number of likely N-dealkylation sites (N-methyl/N-ethyl adjacent to an activating group) is 1. The molecule has 1 aromatic carbocycles. The number of nitrogens with one attached hydrogen (secondary N) is 1. The average molecular weight is 296 g/mol. The highest BCUT2D eigenvalue weighted by Gasteiger charge is 2.08. The van der Waals surface area contributed by atoms with Gasteiger partial charge in [0.05, 0.1) is 17.8 Å². The Morgan fingerprint density at radius 1 is 1.59 bits per heavy atom. The van der Waals surface area contributed by atoms with E-state index in [9.17, 15) is 4.79 Å². The summed E-state index contributed by atoms with van der Waals surface area (Å²) in [5.74, 6) is -0.000640. The van der Waals surface area contributed by atoms with E-state index in [0.29, 0.717) is 17.8 Å². The van der Waals surface area contributed by atoms with Crippen LogP contribution in [-0.4, -0.2) is 30.9 Å². The van der Waals surface area contributed by atoms with Crippen LogP contribution in [0.5, 0.6) is 0 Å². The van der Waals surface area contributed by atoms with Gasteiger partial charge in [0.25, 0.3) is 0 Å². The fraction of sp³-hybridized carbons (Fsp3) is 0.333. The lowest BCUT2D eigenvalue weighted by Crippen LogP contribution is -2.32. The molecule has 4 nitrogen and oxygen atoms in total. The quantitative estimate of drug-likeness (QED) is 0.926. The highest BCUT2D eigenvalue weighted by atomic mass is 79.9. The van der Waals surface area contributed by atoms with Gasteiger partial charge in [-0.3, -0.25) is 4.79 Å². The van der Waals surface area contributed by atoms with Crippen molar-refractivity contribution >= 4 is 27.5 Å². The number of carbonyl (C=O) groups is 1. The number of carbonyl (C=O) groups excluding carboxylic acids is 1. The molecule has 1 amide bonds. The minimum Gasteiger partial charge on any atom is -0.375 e. The van der Waals surface area contributed by atoms with Crippen molar-refractivity contribution in [3.05, 3.63) is 28.2 Å². The largest absolute Gasteiger partial charge is 0.375 e. The Labute approximate surface area is 109 Å². The zero-order valence-electron chi connectivity index (χ0n) is 9.83. The highest BCUT2D eigenvalue weighted by molar-refractivity contribution is 9.10. The fourth-order valence-corrected chi connectivity index (χ4v) is 1.61. The second-order valence-electron chi connectivity index (χ2n) is 3.56. The third kappa shape index (κ3) is 3.75. The van der Waals surface area contributed by atoms with Crippen molar-refractivity contribution in [3.8, 4) is 6.07 Å². The van der Waals surface area contributed by atoms with E-state index < -0.39 is 0 Å². The van der Waals surface area contributed by atoms with E-state index in [4.69, 9.17) is 5.26 Å². The normalized spacial score (nSPS) is 9.53. The molecule has 5 heteroatoms. The van der Waals surface area contributed by atoms with Gasteiger partial charge in [0.1, 0.15) is 6.07 Å². The van der Waals surface area contributed by atoms with Crippen LogP contribution in [0.25, 0.3) is 0 Å². The number of hydrogen-bond donors (Lipinski definition) is 1. The van der Waals surface area contributed by atoms with Gasteiger partial charge >= 0.3 is 0 Å². The highest BCUT2D eigenvalue weighted by Crippen LogP contribution is 2.19. The molecule has 0 spiro atoms. The zero-order chi connectivity index (χ0) is 12.8. The first kappa shape index (κ1) is 13.5. The van der Waals surface area contributed by atoms with Crippen LogP contribution < -0.4 is 5.32 Å². The topological polar surface area (TPSA) is 56.1 Å². The van der Waals surface area contributed by atoms with Crippen molar-refractivity contribution in [1.82, 2.24) is 4.90 Å². The first-order chi connectivity index (χ1) is 8.08. The molecule has 0 saturated carbocycles. The van der Waals surface area contributed by atoms with Crippen molar-refractivity contribution in [2.75, 3.05) is 25.5 Å². The van der Waals surface area contributed by atoms with Crippen molar-refractivity contribution in [2.24, 2.45) is 0 Å². The Morgan fingerprint density at radius 3 is 2.88 bits per heavy atom. The van der Waals surface area contributed by atoms with Crippen LogP contribution in [0, 0.1) is 11.3 Å². The molecule has 0 aliphatic carbocycles. The van der Waals surface area contributed by atoms with Crippen molar-refractivity contribution < 1.29 is 4.79 Å². The predicted octanol–water partition coefficient (Wildman–Crippen LogP) is 2.21. The maximum Gasteiger partial charge on any atom is 0.241 e. The van der Waals surface area contributed by atoms with Crippen molar-refractivity contribution in [2.45, 2.75) is 6.92 Å². The number of nitrogens with zero attached hydrogens (tertiary/aromatic N) is 2. The van der Waals surface area contributed by atoms with E-state index in [0.717, 1.165) is 4.47 Å². The number of halogens is 1. The molecular formula is C12H14BrN3O. The number of benzene rings is 1. The van der Waals surface area contributed by atoms with Crippen molar-refractivity contribution in [1.29, 1.82) is 5.26 Å². The lowest BCUT2D eigenvalue weighted by Gasteiger charge is -2.15. The molecule has 0 heterocycles. The first-order valence-electron chi connectivity index (χ1n) is 5.26. The first-order valence-corrected chi connectivity index (χ1v) is 6.05. The van der Waals surface area contributed by atoms with E-state index in [1.165, 1.54) is 0 Å². The smallest absolute Gasteiger partial charge is 0.241 e. The van der Waals surface area contributed by atoms with Gasteiger partial charge in [-0.25, -0.2) is 0 Å². The monoisotopic (exact) mass is 295 g/mol. The number of amides is 1. The summed E-state index contributed by atoms with van der Waals surface area (Å²) in [5.41, 5.74) is 1.19. The molecule has 0 saturated heterocycles. The van der Waals surface area contributed by atoms with E-state index >= 15 is 0 Å². The Morgan fingerprint density at radius 2 is 2.29 bits per heavy atom. The summed E-state index contributed by atoms with van der Waals surface area (Å²) >= 11 is 3.30. The molecule has 17 heavy (non-hydrogen) atoms. The predicted molar refractivity (Wildman–Crippen MR) is 70.7 cm³/mol. The lowest BCUT2D eigenvalue weighted by molar-refractivity contribution is -0.127. The molecule has 0 aromatic heterocycles. The van der Waals surface area contributed by atoms with Crippen LogP contribution in [0.4, 0.5) is 5.69 Å². The Balaban J connectivity index is 2.70. The average Bonchev–Trinajstić information content (AvgIpc) is 2.35. The van der Waals surface area contributed by atoms with Gasteiger partial charge in [-0.2, -0.15) is 5.26 Å². The third-order valence-electron chi connectivity index (χ3n) is 2.43. The lowest BCUT2D eigenvalue weighted by atomic mass is 10.2. The van der Waals surface area contributed by atoms with Crippen LogP contribution in [0.15, 0.2) is 22.7 Å². The minimum atomic E-state index is -0.000640. The van der Waals surface area contributed by atoms with E-state index in [1.54, 1.807) is 24.1 Å². The summed E-state index contributed by atoms with van der Waals surface area (Å²) in [5, 5.41) is 11.9. The summed E-state index contributed by atoms with van der Waals surface area (Å²) in [6, 6.07) is 7.41. The van der Waals surface area contributed by atoms with Crippen LogP contribution in [-0.2, 0) is 4.79 Å².